The Morgan fingerprint density at radius 3 is 2.54 bits per heavy atom. The number of nitrogens with zero attached hydrogens (tertiary/aromatic N) is 3. The summed E-state index contributed by atoms with van der Waals surface area (Å²) in [4.78, 5) is 6.69. The van der Waals surface area contributed by atoms with E-state index >= 15 is 0 Å². The van der Waals surface area contributed by atoms with Crippen LogP contribution in [0.2, 0.25) is 0 Å². The molecule has 1 aromatic rings. The van der Waals surface area contributed by atoms with E-state index in [9.17, 15) is 8.78 Å². The Morgan fingerprint density at radius 1 is 1.46 bits per heavy atom. The second kappa shape index (κ2) is 3.41. The van der Waals surface area contributed by atoms with Gasteiger partial charge in [-0.2, -0.15) is 14.0 Å². The molecule has 4 nitrogen and oxygen atoms in total. The van der Waals surface area contributed by atoms with Crippen LogP contribution in [-0.4, -0.2) is 21.7 Å². The minimum Gasteiger partial charge on any atom is -0.390 e. The third kappa shape index (κ3) is 1.95. The fraction of sp³-hybridized carbons (Fsp3) is 0.286. The Hall–Kier alpha value is -1.61. The molecule has 0 fully saturated rings. The van der Waals surface area contributed by atoms with E-state index in [1.165, 1.54) is 0 Å². The number of hydrogen-bond acceptors (Lipinski definition) is 4. The van der Waals surface area contributed by atoms with E-state index in [1.807, 2.05) is 0 Å². The van der Waals surface area contributed by atoms with Crippen LogP contribution in [0.1, 0.15) is 11.4 Å². The zero-order chi connectivity index (χ0) is 9.90. The minimum atomic E-state index is -3.40. The largest absolute Gasteiger partial charge is 0.390 e. The van der Waals surface area contributed by atoms with Crippen LogP contribution in [0, 0.1) is 11.3 Å². The molecule has 6 heteroatoms. The van der Waals surface area contributed by atoms with Gasteiger partial charge >= 0.3 is 5.92 Å². The van der Waals surface area contributed by atoms with Crippen LogP contribution < -0.4 is 0 Å². The SMILES string of the molecule is N#Cc1cnc(C(F)(F)CO)cn1. The van der Waals surface area contributed by atoms with Crippen LogP contribution in [-0.2, 0) is 5.92 Å². The quantitative estimate of drug-likeness (QED) is 0.725. The van der Waals surface area contributed by atoms with Gasteiger partial charge in [-0.25, -0.2) is 4.98 Å². The first-order chi connectivity index (χ1) is 6.10. The summed E-state index contributed by atoms with van der Waals surface area (Å²) < 4.78 is 25.4. The third-order valence-corrected chi connectivity index (χ3v) is 1.34. The van der Waals surface area contributed by atoms with Gasteiger partial charge in [-0.1, -0.05) is 0 Å². The standard InChI is InChI=1S/C7H5F2N3O/c8-7(9,4-13)6-3-11-5(1-10)2-12-6/h2-3,13H,4H2. The molecule has 1 heterocycles. The molecule has 13 heavy (non-hydrogen) atoms. The molecule has 0 atom stereocenters. The molecule has 0 unspecified atom stereocenters. The van der Waals surface area contributed by atoms with Gasteiger partial charge in [0.1, 0.15) is 18.4 Å². The van der Waals surface area contributed by atoms with Gasteiger partial charge in [0.15, 0.2) is 5.69 Å². The molecule has 0 aliphatic carbocycles. The van der Waals surface area contributed by atoms with Crippen LogP contribution in [0.25, 0.3) is 0 Å². The zero-order valence-corrected chi connectivity index (χ0v) is 6.41. The summed E-state index contributed by atoms with van der Waals surface area (Å²) in [5, 5.41) is 16.6. The summed E-state index contributed by atoms with van der Waals surface area (Å²) in [5.74, 6) is -3.40. The van der Waals surface area contributed by atoms with Crippen molar-refractivity contribution in [2.75, 3.05) is 6.61 Å². The molecular formula is C7H5F2N3O. The Bertz CT molecular complexity index is 331. The minimum absolute atomic E-state index is 0.0440. The number of nitriles is 1. The number of aliphatic hydroxyl groups is 1. The fourth-order valence-electron chi connectivity index (χ4n) is 0.656. The van der Waals surface area contributed by atoms with Crippen molar-refractivity contribution in [3.05, 3.63) is 23.8 Å². The Morgan fingerprint density at radius 2 is 2.15 bits per heavy atom. The first kappa shape index (κ1) is 9.48. The molecule has 0 spiro atoms. The molecule has 0 aliphatic rings. The van der Waals surface area contributed by atoms with Gasteiger partial charge < -0.3 is 5.11 Å². The Balaban J connectivity index is 3.00. The number of halogens is 2. The predicted molar refractivity (Wildman–Crippen MR) is 37.7 cm³/mol. The maximum atomic E-state index is 12.7. The Kier molecular flexibility index (Phi) is 2.49. The van der Waals surface area contributed by atoms with Gasteiger partial charge in [-0.05, 0) is 0 Å². The Labute approximate surface area is 72.5 Å². The molecule has 0 saturated carbocycles. The van der Waals surface area contributed by atoms with Gasteiger partial charge in [0, 0.05) is 0 Å². The average molecular weight is 185 g/mol. The molecule has 68 valence electrons. The van der Waals surface area contributed by atoms with Crippen molar-refractivity contribution in [3.63, 3.8) is 0 Å². The summed E-state index contributed by atoms with van der Waals surface area (Å²) in [6.07, 6.45) is 1.70. The molecular weight excluding hydrogens is 180 g/mol. The van der Waals surface area contributed by atoms with E-state index in [0.717, 1.165) is 12.4 Å². The van der Waals surface area contributed by atoms with Gasteiger partial charge in [0.05, 0.1) is 12.4 Å². The lowest BCUT2D eigenvalue weighted by atomic mass is 10.2. The topological polar surface area (TPSA) is 69.8 Å². The predicted octanol–water partition coefficient (Wildman–Crippen LogP) is 0.432. The van der Waals surface area contributed by atoms with Crippen LogP contribution in [0.4, 0.5) is 8.78 Å². The number of alkyl halides is 2. The molecule has 0 aliphatic heterocycles. The van der Waals surface area contributed by atoms with Crippen molar-refractivity contribution in [1.82, 2.24) is 9.97 Å². The summed E-state index contributed by atoms with van der Waals surface area (Å²) >= 11 is 0. The molecule has 0 saturated heterocycles. The normalized spacial score (nSPS) is 10.9. The summed E-state index contributed by atoms with van der Waals surface area (Å²) in [6, 6.07) is 1.64. The van der Waals surface area contributed by atoms with Crippen molar-refractivity contribution in [2.24, 2.45) is 0 Å². The number of rotatable bonds is 2. The molecule has 0 bridgehead atoms. The highest BCUT2D eigenvalue weighted by atomic mass is 19.3. The molecule has 0 amide bonds. The van der Waals surface area contributed by atoms with Crippen molar-refractivity contribution < 1.29 is 13.9 Å². The first-order valence-electron chi connectivity index (χ1n) is 3.31. The maximum absolute atomic E-state index is 12.7. The van der Waals surface area contributed by atoms with Crippen molar-refractivity contribution in [1.29, 1.82) is 5.26 Å². The van der Waals surface area contributed by atoms with Gasteiger partial charge in [0.2, 0.25) is 0 Å². The fourth-order valence-corrected chi connectivity index (χ4v) is 0.656. The second-order valence-corrected chi connectivity index (χ2v) is 2.26. The lowest BCUT2D eigenvalue weighted by Gasteiger charge is -2.10. The van der Waals surface area contributed by atoms with Crippen LogP contribution >= 0.6 is 0 Å². The van der Waals surface area contributed by atoms with Crippen LogP contribution in [0.15, 0.2) is 12.4 Å². The number of hydrogen-bond donors (Lipinski definition) is 1. The van der Waals surface area contributed by atoms with E-state index in [0.29, 0.717) is 0 Å². The first-order valence-corrected chi connectivity index (χ1v) is 3.31. The van der Waals surface area contributed by atoms with Crippen molar-refractivity contribution in [3.8, 4) is 6.07 Å². The average Bonchev–Trinajstić information content (AvgIpc) is 2.18. The van der Waals surface area contributed by atoms with Gasteiger partial charge in [-0.15, -0.1) is 0 Å². The highest BCUT2D eigenvalue weighted by Gasteiger charge is 2.32. The van der Waals surface area contributed by atoms with E-state index < -0.39 is 18.2 Å². The van der Waals surface area contributed by atoms with Crippen molar-refractivity contribution in [2.45, 2.75) is 5.92 Å². The number of aromatic nitrogens is 2. The summed E-state index contributed by atoms with van der Waals surface area (Å²) in [7, 11) is 0. The second-order valence-electron chi connectivity index (χ2n) is 2.26. The smallest absolute Gasteiger partial charge is 0.313 e. The van der Waals surface area contributed by atoms with Gasteiger partial charge in [-0.3, -0.25) is 4.98 Å². The maximum Gasteiger partial charge on any atom is 0.313 e. The van der Waals surface area contributed by atoms with E-state index in [1.54, 1.807) is 6.07 Å². The van der Waals surface area contributed by atoms with Crippen molar-refractivity contribution >= 4 is 0 Å². The molecule has 1 N–H and O–H groups in total. The summed E-state index contributed by atoms with van der Waals surface area (Å²) in [5.41, 5.74) is -0.688. The van der Waals surface area contributed by atoms with Crippen LogP contribution in [0.3, 0.4) is 0 Å². The third-order valence-electron chi connectivity index (χ3n) is 1.34. The zero-order valence-electron chi connectivity index (χ0n) is 6.41. The van der Waals surface area contributed by atoms with Gasteiger partial charge in [0.25, 0.3) is 0 Å². The highest BCUT2D eigenvalue weighted by molar-refractivity contribution is 5.17. The van der Waals surface area contributed by atoms with E-state index in [2.05, 4.69) is 9.97 Å². The molecule has 1 aromatic heterocycles. The summed E-state index contributed by atoms with van der Waals surface area (Å²) in [6.45, 7) is -1.33. The van der Waals surface area contributed by atoms with E-state index in [4.69, 9.17) is 10.4 Å². The van der Waals surface area contributed by atoms with Crippen LogP contribution in [0.5, 0.6) is 0 Å². The molecule has 0 aromatic carbocycles. The van der Waals surface area contributed by atoms with E-state index in [-0.39, 0.29) is 5.69 Å². The number of aliphatic hydroxyl groups excluding tert-OH is 1. The lowest BCUT2D eigenvalue weighted by molar-refractivity contribution is -0.0595. The monoisotopic (exact) mass is 185 g/mol. The highest BCUT2D eigenvalue weighted by Crippen LogP contribution is 2.24. The lowest BCUT2D eigenvalue weighted by Crippen LogP contribution is -2.20. The molecule has 0 radical (unpaired) electrons. The molecule has 1 rings (SSSR count).